The molecular weight excluding hydrogens is 470 g/mol. The normalized spacial score (nSPS) is 18.8. The number of nitrogens with one attached hydrogen (secondary N) is 2. The molecule has 3 aromatic carbocycles. The number of urea groups is 1. The fourth-order valence-corrected chi connectivity index (χ4v) is 5.32. The third-order valence-corrected chi connectivity index (χ3v) is 7.19. The van der Waals surface area contributed by atoms with Gasteiger partial charge in [0.15, 0.2) is 5.54 Å². The molecule has 6 rings (SSSR count). The monoisotopic (exact) mass is 495 g/mol. The maximum absolute atomic E-state index is 13.2. The van der Waals surface area contributed by atoms with E-state index < -0.39 is 17.5 Å². The second-order valence-corrected chi connectivity index (χ2v) is 9.61. The highest BCUT2D eigenvalue weighted by molar-refractivity contribution is 6.08. The van der Waals surface area contributed by atoms with Gasteiger partial charge in [-0.3, -0.25) is 19.6 Å². The number of fused-ring (bicyclic) bond motifs is 2. The predicted octanol–water partition coefficient (Wildman–Crippen LogP) is 3.25. The molecule has 0 radical (unpaired) electrons. The number of imide groups is 1. The van der Waals surface area contributed by atoms with Gasteiger partial charge in [0.1, 0.15) is 5.75 Å². The maximum Gasteiger partial charge on any atom is 0.322 e. The first-order valence-electron chi connectivity index (χ1n) is 11.9. The molecule has 0 saturated carbocycles. The van der Waals surface area contributed by atoms with E-state index in [0.29, 0.717) is 23.4 Å². The summed E-state index contributed by atoms with van der Waals surface area (Å²) in [7, 11) is 3.44. The minimum Gasteiger partial charge on any atom is -0.497 e. The number of benzene rings is 3. The fraction of sp³-hybridized carbons (Fsp3) is 0.214. The molecule has 0 unspecified atom stereocenters. The number of hydrogen-bond acceptors (Lipinski definition) is 5. The van der Waals surface area contributed by atoms with Gasteiger partial charge in [0.2, 0.25) is 0 Å². The van der Waals surface area contributed by atoms with Gasteiger partial charge in [-0.2, -0.15) is 5.10 Å². The van der Waals surface area contributed by atoms with E-state index >= 15 is 0 Å². The first-order valence-corrected chi connectivity index (χ1v) is 11.9. The van der Waals surface area contributed by atoms with Crippen molar-refractivity contribution >= 4 is 28.7 Å². The minimum absolute atomic E-state index is 0.000497. The van der Waals surface area contributed by atoms with Crippen molar-refractivity contribution in [1.29, 1.82) is 0 Å². The number of amides is 4. The number of aryl methyl sites for hydroxylation is 2. The summed E-state index contributed by atoms with van der Waals surface area (Å²) in [6.07, 6.45) is 1.98. The van der Waals surface area contributed by atoms with Crippen molar-refractivity contribution in [2.24, 2.45) is 7.05 Å². The van der Waals surface area contributed by atoms with Gasteiger partial charge < -0.3 is 15.0 Å². The molecule has 2 aliphatic rings. The SMILES string of the molecule is COc1ccc2c(c1)C(=O)N(C[C@@]1(c3ccc(-c4cc(C)c5nn(C)cc5c4)cc3)NC(=O)NC1=O)C2. The summed E-state index contributed by atoms with van der Waals surface area (Å²) in [6.45, 7) is 2.37. The Morgan fingerprint density at radius 1 is 1.03 bits per heavy atom. The maximum atomic E-state index is 13.2. The molecule has 1 saturated heterocycles. The lowest BCUT2D eigenvalue weighted by molar-refractivity contribution is -0.124. The molecule has 2 N–H and O–H groups in total. The van der Waals surface area contributed by atoms with Crippen LogP contribution in [-0.4, -0.2) is 46.2 Å². The Hall–Kier alpha value is -4.66. The van der Waals surface area contributed by atoms with Crippen LogP contribution in [-0.2, 0) is 23.9 Å². The highest BCUT2D eigenvalue weighted by Gasteiger charge is 2.50. The van der Waals surface area contributed by atoms with E-state index in [4.69, 9.17) is 4.74 Å². The molecule has 37 heavy (non-hydrogen) atoms. The van der Waals surface area contributed by atoms with Crippen LogP contribution in [0.2, 0.25) is 0 Å². The Bertz CT molecular complexity index is 1610. The molecule has 0 bridgehead atoms. The largest absolute Gasteiger partial charge is 0.497 e. The zero-order valence-corrected chi connectivity index (χ0v) is 20.7. The van der Waals surface area contributed by atoms with E-state index in [1.165, 1.54) is 0 Å². The second kappa shape index (κ2) is 8.19. The highest BCUT2D eigenvalue weighted by Crippen LogP contribution is 2.34. The second-order valence-electron chi connectivity index (χ2n) is 9.61. The van der Waals surface area contributed by atoms with Gasteiger partial charge >= 0.3 is 6.03 Å². The predicted molar refractivity (Wildman–Crippen MR) is 137 cm³/mol. The molecular formula is C28H25N5O4. The van der Waals surface area contributed by atoms with Crippen molar-refractivity contribution in [2.45, 2.75) is 19.0 Å². The summed E-state index contributed by atoms with van der Waals surface area (Å²) >= 11 is 0. The van der Waals surface area contributed by atoms with Crippen molar-refractivity contribution in [1.82, 2.24) is 25.3 Å². The molecule has 1 fully saturated rings. The first kappa shape index (κ1) is 22.8. The zero-order valence-electron chi connectivity index (χ0n) is 20.7. The number of nitrogens with zero attached hydrogens (tertiary/aromatic N) is 3. The van der Waals surface area contributed by atoms with E-state index in [0.717, 1.165) is 33.2 Å². The number of ether oxygens (including phenoxy) is 1. The van der Waals surface area contributed by atoms with Crippen molar-refractivity contribution in [2.75, 3.05) is 13.7 Å². The summed E-state index contributed by atoms with van der Waals surface area (Å²) < 4.78 is 7.06. The molecule has 2 aliphatic heterocycles. The van der Waals surface area contributed by atoms with Crippen molar-refractivity contribution < 1.29 is 19.1 Å². The van der Waals surface area contributed by atoms with Gasteiger partial charge in [0.25, 0.3) is 11.8 Å². The fourth-order valence-electron chi connectivity index (χ4n) is 5.32. The quantitative estimate of drug-likeness (QED) is 0.414. The summed E-state index contributed by atoms with van der Waals surface area (Å²) in [5.41, 5.74) is 4.60. The molecule has 186 valence electrons. The van der Waals surface area contributed by atoms with Crippen LogP contribution in [0.3, 0.4) is 0 Å². The highest BCUT2D eigenvalue weighted by atomic mass is 16.5. The van der Waals surface area contributed by atoms with Crippen LogP contribution in [0.4, 0.5) is 4.79 Å². The molecule has 0 aliphatic carbocycles. The van der Waals surface area contributed by atoms with Crippen LogP contribution in [0.15, 0.2) is 60.8 Å². The van der Waals surface area contributed by atoms with E-state index in [1.807, 2.05) is 50.5 Å². The third kappa shape index (κ3) is 3.62. The number of rotatable bonds is 5. The molecule has 4 aromatic rings. The number of carbonyl (C=O) groups excluding carboxylic acids is 3. The average Bonchev–Trinajstić information content (AvgIpc) is 3.51. The lowest BCUT2D eigenvalue weighted by Gasteiger charge is -2.31. The van der Waals surface area contributed by atoms with Gasteiger partial charge in [-0.15, -0.1) is 0 Å². The van der Waals surface area contributed by atoms with Crippen molar-refractivity contribution in [3.63, 3.8) is 0 Å². The van der Waals surface area contributed by atoms with Gasteiger partial charge in [0, 0.05) is 30.7 Å². The van der Waals surface area contributed by atoms with E-state index in [2.05, 4.69) is 27.9 Å². The minimum atomic E-state index is -1.40. The Morgan fingerprint density at radius 2 is 1.81 bits per heavy atom. The molecule has 1 atom stereocenters. The Kier molecular flexibility index (Phi) is 5.04. The summed E-state index contributed by atoms with van der Waals surface area (Å²) in [4.78, 5) is 40.2. The van der Waals surface area contributed by atoms with Gasteiger partial charge in [-0.05, 0) is 59.0 Å². The smallest absolute Gasteiger partial charge is 0.322 e. The molecule has 0 spiro atoms. The van der Waals surface area contributed by atoms with E-state index in [9.17, 15) is 14.4 Å². The summed E-state index contributed by atoms with van der Waals surface area (Å²) in [5, 5.41) is 10.7. The van der Waals surface area contributed by atoms with E-state index in [-0.39, 0.29) is 12.5 Å². The zero-order chi connectivity index (χ0) is 25.9. The van der Waals surface area contributed by atoms with Crippen LogP contribution in [0.1, 0.15) is 27.0 Å². The lowest BCUT2D eigenvalue weighted by Crippen LogP contribution is -2.52. The Morgan fingerprint density at radius 3 is 2.51 bits per heavy atom. The topological polar surface area (TPSA) is 106 Å². The van der Waals surface area contributed by atoms with Crippen LogP contribution < -0.4 is 15.4 Å². The summed E-state index contributed by atoms with van der Waals surface area (Å²) in [6, 6.07) is 16.5. The number of hydrogen-bond donors (Lipinski definition) is 2. The van der Waals surface area contributed by atoms with Crippen LogP contribution in [0.5, 0.6) is 5.75 Å². The van der Waals surface area contributed by atoms with Gasteiger partial charge in [-0.1, -0.05) is 30.3 Å². The third-order valence-electron chi connectivity index (χ3n) is 7.19. The molecule has 1 aromatic heterocycles. The van der Waals surface area contributed by atoms with Crippen LogP contribution >= 0.6 is 0 Å². The summed E-state index contributed by atoms with van der Waals surface area (Å²) in [5.74, 6) is -0.107. The lowest BCUT2D eigenvalue weighted by atomic mass is 9.87. The number of carbonyl (C=O) groups is 3. The molecule has 9 nitrogen and oxygen atoms in total. The van der Waals surface area contributed by atoms with Gasteiger partial charge in [0.05, 0.1) is 19.2 Å². The standard InChI is InChI=1S/C28H25N5O4/c1-16-10-19(11-20-13-32(2)31-24(16)20)17-4-7-21(8-5-17)28(26(35)29-27(36)30-28)15-33-14-18-6-9-22(37-3)12-23(18)25(33)34/h4-13H,14-15H2,1-3H3,(H2,29,30,35,36)/t28-/m0/s1. The Labute approximate surface area is 213 Å². The molecule has 9 heteroatoms. The molecule has 4 amide bonds. The average molecular weight is 496 g/mol. The number of aromatic nitrogens is 2. The number of methoxy groups -OCH3 is 1. The van der Waals surface area contributed by atoms with Crippen LogP contribution in [0.25, 0.3) is 22.0 Å². The molecule has 3 heterocycles. The van der Waals surface area contributed by atoms with Gasteiger partial charge in [-0.25, -0.2) is 4.79 Å². The first-order chi connectivity index (χ1) is 17.8. The van der Waals surface area contributed by atoms with Crippen molar-refractivity contribution in [3.05, 3.63) is 83.0 Å². The Balaban J connectivity index is 1.34. The van der Waals surface area contributed by atoms with Crippen molar-refractivity contribution in [3.8, 4) is 16.9 Å². The van der Waals surface area contributed by atoms with Crippen LogP contribution in [0, 0.1) is 6.92 Å². The van der Waals surface area contributed by atoms with E-state index in [1.54, 1.807) is 28.8 Å².